The smallest absolute Gasteiger partial charge is 0.262 e. The predicted molar refractivity (Wildman–Crippen MR) is 129 cm³/mol. The summed E-state index contributed by atoms with van der Waals surface area (Å²) in [6.07, 6.45) is -0.424. The molecule has 0 radical (unpaired) electrons. The molecule has 170 valence electrons. The normalized spacial score (nSPS) is 16.4. The van der Waals surface area contributed by atoms with Gasteiger partial charge in [0.2, 0.25) is 6.79 Å². The molecule has 34 heavy (non-hydrogen) atoms. The third kappa shape index (κ3) is 3.28. The number of nitrogens with zero attached hydrogens (tertiary/aromatic N) is 3. The van der Waals surface area contributed by atoms with Crippen molar-refractivity contribution >= 4 is 17.3 Å². The highest BCUT2D eigenvalue weighted by atomic mass is 16.7. The first kappa shape index (κ1) is 20.4. The van der Waals surface area contributed by atoms with Crippen molar-refractivity contribution in [1.29, 1.82) is 0 Å². The number of anilines is 2. The second-order valence-electron chi connectivity index (χ2n) is 8.53. The van der Waals surface area contributed by atoms with Crippen LogP contribution in [0.15, 0.2) is 72.8 Å². The molecule has 0 saturated carbocycles. The molecule has 0 fully saturated rings. The van der Waals surface area contributed by atoms with Crippen LogP contribution in [0.3, 0.4) is 0 Å². The molecule has 1 amide bonds. The Morgan fingerprint density at radius 3 is 2.59 bits per heavy atom. The summed E-state index contributed by atoms with van der Waals surface area (Å²) in [4.78, 5) is 15.6. The number of carbonyl (C=O) groups excluding carboxylic acids is 1. The maximum absolute atomic E-state index is 13.8. The lowest BCUT2D eigenvalue weighted by atomic mass is 10.0. The van der Waals surface area contributed by atoms with Crippen molar-refractivity contribution in [2.24, 2.45) is 0 Å². The monoisotopic (exact) mass is 452 g/mol. The van der Waals surface area contributed by atoms with Gasteiger partial charge in [0.1, 0.15) is 6.17 Å². The summed E-state index contributed by atoms with van der Waals surface area (Å²) >= 11 is 0. The van der Waals surface area contributed by atoms with Gasteiger partial charge in [-0.25, -0.2) is 0 Å². The van der Waals surface area contributed by atoms with Gasteiger partial charge in [-0.2, -0.15) is 5.10 Å². The Balaban J connectivity index is 1.46. The first-order chi connectivity index (χ1) is 16.6. The number of benzene rings is 3. The van der Waals surface area contributed by atoms with Crippen LogP contribution in [0.2, 0.25) is 0 Å². The van der Waals surface area contributed by atoms with Crippen LogP contribution in [0.25, 0.3) is 0 Å². The van der Waals surface area contributed by atoms with Gasteiger partial charge in [-0.3, -0.25) is 14.4 Å². The van der Waals surface area contributed by atoms with Crippen LogP contribution >= 0.6 is 0 Å². The first-order valence-electron chi connectivity index (χ1n) is 11.3. The fourth-order valence-corrected chi connectivity index (χ4v) is 4.77. The number of rotatable bonds is 4. The largest absolute Gasteiger partial charge is 0.454 e. The lowest BCUT2D eigenvalue weighted by Gasteiger charge is -2.38. The Kier molecular flexibility index (Phi) is 4.76. The molecule has 1 unspecified atom stereocenters. The summed E-state index contributed by atoms with van der Waals surface area (Å²) in [6.45, 7) is 4.90. The number of ether oxygens (including phenoxy) is 2. The van der Waals surface area contributed by atoms with Crippen molar-refractivity contribution in [2.75, 3.05) is 17.0 Å². The molecule has 3 aromatic carbocycles. The third-order valence-corrected chi connectivity index (χ3v) is 6.45. The number of hydrogen-bond donors (Lipinski definition) is 1. The highest BCUT2D eigenvalue weighted by Gasteiger charge is 2.37. The van der Waals surface area contributed by atoms with E-state index in [-0.39, 0.29) is 12.7 Å². The fourth-order valence-electron chi connectivity index (χ4n) is 4.77. The minimum absolute atomic E-state index is 0.0761. The Morgan fingerprint density at radius 2 is 1.74 bits per heavy atom. The van der Waals surface area contributed by atoms with Crippen LogP contribution in [0.1, 0.15) is 39.0 Å². The average molecular weight is 453 g/mol. The third-order valence-electron chi connectivity index (χ3n) is 6.45. The van der Waals surface area contributed by atoms with Crippen molar-refractivity contribution in [3.05, 3.63) is 101 Å². The van der Waals surface area contributed by atoms with Crippen molar-refractivity contribution in [3.8, 4) is 11.5 Å². The zero-order valence-corrected chi connectivity index (χ0v) is 19.0. The molecule has 0 aliphatic carbocycles. The highest BCUT2D eigenvalue weighted by Crippen LogP contribution is 2.42. The van der Waals surface area contributed by atoms with E-state index >= 15 is 0 Å². The number of hydrogen-bond acceptors (Lipinski definition) is 5. The molecule has 2 aliphatic rings. The van der Waals surface area contributed by atoms with E-state index in [1.807, 2.05) is 72.3 Å². The minimum atomic E-state index is -0.424. The number of amides is 1. The van der Waals surface area contributed by atoms with E-state index in [9.17, 15) is 4.79 Å². The van der Waals surface area contributed by atoms with Crippen molar-refractivity contribution in [2.45, 2.75) is 26.6 Å². The number of fused-ring (bicyclic) bond motifs is 2. The Labute approximate surface area is 197 Å². The van der Waals surface area contributed by atoms with Gasteiger partial charge in [0, 0.05) is 23.0 Å². The molecular weight excluding hydrogens is 428 g/mol. The van der Waals surface area contributed by atoms with E-state index in [4.69, 9.17) is 14.6 Å². The van der Waals surface area contributed by atoms with Crippen LogP contribution in [-0.4, -0.2) is 22.5 Å². The number of aromatic nitrogens is 2. The summed E-state index contributed by atoms with van der Waals surface area (Å²) in [5.74, 6) is 1.24. The summed E-state index contributed by atoms with van der Waals surface area (Å²) in [5, 5.41) is 8.44. The maximum Gasteiger partial charge on any atom is 0.262 e. The predicted octanol–water partition coefficient (Wildman–Crippen LogP) is 5.05. The van der Waals surface area contributed by atoms with E-state index in [1.165, 1.54) is 5.56 Å². The van der Waals surface area contributed by atoms with Gasteiger partial charge in [-0.1, -0.05) is 42.5 Å². The molecule has 6 rings (SSSR count). The van der Waals surface area contributed by atoms with E-state index in [2.05, 4.69) is 24.4 Å². The number of nitrogens with one attached hydrogen (secondary N) is 1. The Bertz CT molecular complexity index is 1400. The Hall–Kier alpha value is -4.26. The van der Waals surface area contributed by atoms with Gasteiger partial charge in [0.05, 0.1) is 23.5 Å². The summed E-state index contributed by atoms with van der Waals surface area (Å²) in [6, 6.07) is 23.5. The molecular formula is C27H24N4O3. The van der Waals surface area contributed by atoms with Crippen LogP contribution in [-0.2, 0) is 6.54 Å². The zero-order chi connectivity index (χ0) is 23.2. The lowest BCUT2D eigenvalue weighted by Crippen LogP contribution is -2.43. The molecule has 2 aliphatic heterocycles. The minimum Gasteiger partial charge on any atom is -0.454 e. The van der Waals surface area contributed by atoms with E-state index in [0.29, 0.717) is 23.6 Å². The molecule has 0 spiro atoms. The maximum atomic E-state index is 13.8. The van der Waals surface area contributed by atoms with Gasteiger partial charge in [-0.05, 0) is 43.7 Å². The van der Waals surface area contributed by atoms with Crippen LogP contribution in [0.4, 0.5) is 11.4 Å². The van der Waals surface area contributed by atoms with Crippen molar-refractivity contribution in [3.63, 3.8) is 0 Å². The van der Waals surface area contributed by atoms with Crippen molar-refractivity contribution < 1.29 is 14.3 Å². The second-order valence-corrected chi connectivity index (χ2v) is 8.53. The second kappa shape index (κ2) is 7.95. The molecule has 1 N–H and O–H groups in total. The molecule has 7 nitrogen and oxygen atoms in total. The fraction of sp³-hybridized carbons (Fsp3) is 0.185. The van der Waals surface area contributed by atoms with Crippen LogP contribution < -0.4 is 19.7 Å². The van der Waals surface area contributed by atoms with E-state index in [1.54, 1.807) is 4.90 Å². The van der Waals surface area contributed by atoms with Gasteiger partial charge < -0.3 is 14.8 Å². The molecule has 7 heteroatoms. The average Bonchev–Trinajstić information content (AvgIpc) is 3.43. The molecule has 0 bridgehead atoms. The number of para-hydroxylation sites is 1. The molecule has 0 saturated heterocycles. The quantitative estimate of drug-likeness (QED) is 0.469. The number of carbonyl (C=O) groups is 1. The van der Waals surface area contributed by atoms with Gasteiger partial charge in [0.15, 0.2) is 11.5 Å². The first-order valence-corrected chi connectivity index (χ1v) is 11.3. The topological polar surface area (TPSA) is 68.6 Å². The summed E-state index contributed by atoms with van der Waals surface area (Å²) < 4.78 is 13.1. The van der Waals surface area contributed by atoms with Gasteiger partial charge in [-0.15, -0.1) is 0 Å². The van der Waals surface area contributed by atoms with Gasteiger partial charge >= 0.3 is 0 Å². The highest BCUT2D eigenvalue weighted by molar-refractivity contribution is 6.12. The van der Waals surface area contributed by atoms with Crippen LogP contribution in [0, 0.1) is 13.8 Å². The number of aryl methyl sites for hydroxylation is 1. The summed E-state index contributed by atoms with van der Waals surface area (Å²) in [5.41, 5.74) is 6.21. The standard InChI is InChI=1S/C27H24N4O3/c1-17-25(18(2)30(29-17)15-19-8-4-3-5-9-19)26-28-22-11-7-6-10-21(22)27(32)31(26)20-12-13-23-24(14-20)34-16-33-23/h3-14,26,28H,15-16H2,1-2H3. The van der Waals surface area contributed by atoms with E-state index < -0.39 is 6.17 Å². The van der Waals surface area contributed by atoms with Crippen LogP contribution in [0.5, 0.6) is 11.5 Å². The molecule has 1 aromatic heterocycles. The zero-order valence-electron chi connectivity index (χ0n) is 19.0. The SMILES string of the molecule is Cc1nn(Cc2ccccc2)c(C)c1C1Nc2ccccc2C(=O)N1c1ccc2c(c1)OCO2. The summed E-state index contributed by atoms with van der Waals surface area (Å²) in [7, 11) is 0. The Morgan fingerprint density at radius 1 is 0.971 bits per heavy atom. The lowest BCUT2D eigenvalue weighted by molar-refractivity contribution is 0.0975. The van der Waals surface area contributed by atoms with E-state index in [0.717, 1.165) is 28.3 Å². The molecule has 1 atom stereocenters. The van der Waals surface area contributed by atoms with Crippen molar-refractivity contribution in [1.82, 2.24) is 9.78 Å². The molecule has 3 heterocycles. The van der Waals surface area contributed by atoms with Gasteiger partial charge in [0.25, 0.3) is 5.91 Å². The molecule has 4 aromatic rings.